The average molecular weight is 262 g/mol. The van der Waals surface area contributed by atoms with Gasteiger partial charge < -0.3 is 9.68 Å². The van der Waals surface area contributed by atoms with Gasteiger partial charge in [-0.25, -0.2) is 0 Å². The zero-order chi connectivity index (χ0) is 13.9. The van der Waals surface area contributed by atoms with Gasteiger partial charge in [0.15, 0.2) is 0 Å². The molecule has 0 unspecified atom stereocenters. The Bertz CT molecular complexity index is 413. The van der Waals surface area contributed by atoms with Crippen molar-refractivity contribution in [2.24, 2.45) is 10.3 Å². The van der Waals surface area contributed by atoms with Crippen molar-refractivity contribution in [2.45, 2.75) is 32.6 Å². The Kier molecular flexibility index (Phi) is 7.32. The second-order valence-electron chi connectivity index (χ2n) is 4.33. The lowest BCUT2D eigenvalue weighted by Crippen LogP contribution is -2.05. The van der Waals surface area contributed by atoms with Crippen LogP contribution in [0.3, 0.4) is 0 Å². The van der Waals surface area contributed by atoms with E-state index in [1.807, 2.05) is 13.0 Å². The maximum absolute atomic E-state index is 4.90. The number of oxime groups is 2. The number of nitrogens with zero attached hydrogens (tertiary/aromatic N) is 2. The third-order valence-electron chi connectivity index (χ3n) is 2.79. The van der Waals surface area contributed by atoms with Crippen LogP contribution in [0.5, 0.6) is 0 Å². The second-order valence-corrected chi connectivity index (χ2v) is 4.33. The van der Waals surface area contributed by atoms with Crippen molar-refractivity contribution in [1.29, 1.82) is 0 Å². The van der Waals surface area contributed by atoms with E-state index >= 15 is 0 Å². The summed E-state index contributed by atoms with van der Waals surface area (Å²) in [6, 6.07) is 10.4. The summed E-state index contributed by atoms with van der Waals surface area (Å²) in [4.78, 5) is 9.64. The summed E-state index contributed by atoms with van der Waals surface area (Å²) in [6.07, 6.45) is 3.56. The van der Waals surface area contributed by atoms with E-state index in [0.29, 0.717) is 0 Å². The summed E-state index contributed by atoms with van der Waals surface area (Å²) in [7, 11) is 3.14. The lowest BCUT2D eigenvalue weighted by molar-refractivity contribution is 0.210. The van der Waals surface area contributed by atoms with Crippen LogP contribution < -0.4 is 0 Å². The van der Waals surface area contributed by atoms with Crippen LogP contribution in [0.2, 0.25) is 0 Å². The van der Waals surface area contributed by atoms with Crippen molar-refractivity contribution >= 4 is 11.4 Å². The highest BCUT2D eigenvalue weighted by Crippen LogP contribution is 2.07. The zero-order valence-corrected chi connectivity index (χ0v) is 11.9. The molecule has 4 nitrogen and oxygen atoms in total. The van der Waals surface area contributed by atoms with Crippen molar-refractivity contribution in [2.75, 3.05) is 14.2 Å². The summed E-state index contributed by atoms with van der Waals surface area (Å²) >= 11 is 0. The van der Waals surface area contributed by atoms with Crippen LogP contribution in [0.15, 0.2) is 40.6 Å². The molecule has 4 heteroatoms. The largest absolute Gasteiger partial charge is 0.399 e. The third kappa shape index (κ3) is 6.60. The van der Waals surface area contributed by atoms with Gasteiger partial charge in [-0.15, -0.1) is 0 Å². The van der Waals surface area contributed by atoms with Gasteiger partial charge in [-0.3, -0.25) is 0 Å². The van der Waals surface area contributed by atoms with Crippen molar-refractivity contribution < 1.29 is 9.68 Å². The van der Waals surface area contributed by atoms with Crippen LogP contribution in [0.1, 0.15) is 31.7 Å². The summed E-state index contributed by atoms with van der Waals surface area (Å²) in [6.45, 7) is 1.95. The van der Waals surface area contributed by atoms with E-state index in [2.05, 4.69) is 34.6 Å². The molecule has 0 N–H and O–H groups in total. The van der Waals surface area contributed by atoms with Crippen LogP contribution in [0.25, 0.3) is 0 Å². The van der Waals surface area contributed by atoms with E-state index in [1.54, 1.807) is 14.2 Å². The molecule has 0 aromatic heterocycles. The van der Waals surface area contributed by atoms with Gasteiger partial charge in [-0.2, -0.15) is 0 Å². The average Bonchev–Trinajstić information content (AvgIpc) is 2.43. The standard InChI is InChI=1S/C15H22N2O2/c1-13(16-18-2)9-11-15(17-19-3)12-10-14-7-5-4-6-8-14/h4-8H,9-12H2,1-3H3/b16-13+,17-15+. The van der Waals surface area contributed by atoms with Crippen LogP contribution in [-0.2, 0) is 16.1 Å². The fourth-order valence-corrected chi connectivity index (χ4v) is 1.81. The van der Waals surface area contributed by atoms with Crippen LogP contribution in [0, 0.1) is 0 Å². The molecule has 0 saturated carbocycles. The highest BCUT2D eigenvalue weighted by molar-refractivity contribution is 5.90. The first kappa shape index (κ1) is 15.2. The molecule has 104 valence electrons. The van der Waals surface area contributed by atoms with Crippen molar-refractivity contribution in [3.63, 3.8) is 0 Å². The Hall–Kier alpha value is -1.84. The molecule has 0 aliphatic carbocycles. The van der Waals surface area contributed by atoms with Crippen LogP contribution in [0.4, 0.5) is 0 Å². The Morgan fingerprint density at radius 2 is 1.63 bits per heavy atom. The van der Waals surface area contributed by atoms with E-state index in [4.69, 9.17) is 9.68 Å². The van der Waals surface area contributed by atoms with Gasteiger partial charge in [0.25, 0.3) is 0 Å². The third-order valence-corrected chi connectivity index (χ3v) is 2.79. The molecule has 0 bridgehead atoms. The minimum atomic E-state index is 0.838. The van der Waals surface area contributed by atoms with Gasteiger partial charge in [0.2, 0.25) is 0 Å². The summed E-state index contributed by atoms with van der Waals surface area (Å²) in [5.41, 5.74) is 3.33. The Balaban J connectivity index is 2.45. The minimum Gasteiger partial charge on any atom is -0.399 e. The van der Waals surface area contributed by atoms with E-state index < -0.39 is 0 Å². The molecule has 0 fully saturated rings. The summed E-state index contributed by atoms with van der Waals surface area (Å²) < 4.78 is 0. The predicted molar refractivity (Wildman–Crippen MR) is 78.6 cm³/mol. The molecule has 0 aliphatic heterocycles. The van der Waals surface area contributed by atoms with Crippen molar-refractivity contribution in [1.82, 2.24) is 0 Å². The van der Waals surface area contributed by atoms with Gasteiger partial charge in [0.1, 0.15) is 14.2 Å². The van der Waals surface area contributed by atoms with Gasteiger partial charge in [0.05, 0.1) is 11.4 Å². The monoisotopic (exact) mass is 262 g/mol. The molecule has 0 radical (unpaired) electrons. The van der Waals surface area contributed by atoms with E-state index in [0.717, 1.165) is 37.1 Å². The van der Waals surface area contributed by atoms with Crippen LogP contribution >= 0.6 is 0 Å². The summed E-state index contributed by atoms with van der Waals surface area (Å²) in [5.74, 6) is 0. The molecule has 0 aliphatic rings. The number of hydrogen-bond donors (Lipinski definition) is 0. The summed E-state index contributed by atoms with van der Waals surface area (Å²) in [5, 5.41) is 7.99. The van der Waals surface area contributed by atoms with Gasteiger partial charge in [0, 0.05) is 0 Å². The van der Waals surface area contributed by atoms with E-state index in [9.17, 15) is 0 Å². The topological polar surface area (TPSA) is 43.2 Å². The highest BCUT2D eigenvalue weighted by Gasteiger charge is 2.04. The first-order valence-electron chi connectivity index (χ1n) is 6.45. The van der Waals surface area contributed by atoms with Gasteiger partial charge in [-0.05, 0) is 38.2 Å². The van der Waals surface area contributed by atoms with Crippen molar-refractivity contribution in [3.8, 4) is 0 Å². The maximum Gasteiger partial charge on any atom is 0.106 e. The molecule has 0 heterocycles. The number of benzene rings is 1. The van der Waals surface area contributed by atoms with E-state index in [-0.39, 0.29) is 0 Å². The fraction of sp³-hybridized carbons (Fsp3) is 0.467. The predicted octanol–water partition coefficient (Wildman–Crippen LogP) is 3.42. The first-order chi connectivity index (χ1) is 9.26. The molecule has 1 aromatic carbocycles. The first-order valence-corrected chi connectivity index (χ1v) is 6.45. The number of hydrogen-bond acceptors (Lipinski definition) is 4. The quantitative estimate of drug-likeness (QED) is 0.532. The second kappa shape index (κ2) is 9.14. The van der Waals surface area contributed by atoms with Gasteiger partial charge >= 0.3 is 0 Å². The molecule has 1 aromatic rings. The molecule has 0 spiro atoms. The maximum atomic E-state index is 4.90. The molecular formula is C15H22N2O2. The zero-order valence-electron chi connectivity index (χ0n) is 11.9. The van der Waals surface area contributed by atoms with Crippen molar-refractivity contribution in [3.05, 3.63) is 35.9 Å². The molecule has 0 saturated heterocycles. The Morgan fingerprint density at radius 1 is 0.947 bits per heavy atom. The Labute approximate surface area is 115 Å². The normalized spacial score (nSPS) is 12.4. The molecule has 0 amide bonds. The molecule has 19 heavy (non-hydrogen) atoms. The fourth-order valence-electron chi connectivity index (χ4n) is 1.81. The van der Waals surface area contributed by atoms with Gasteiger partial charge in [-0.1, -0.05) is 40.6 Å². The van der Waals surface area contributed by atoms with E-state index in [1.165, 1.54) is 5.56 Å². The number of rotatable bonds is 8. The smallest absolute Gasteiger partial charge is 0.106 e. The molecular weight excluding hydrogens is 240 g/mol. The minimum absolute atomic E-state index is 0.838. The highest BCUT2D eigenvalue weighted by atomic mass is 16.6. The van der Waals surface area contributed by atoms with Crippen LogP contribution in [-0.4, -0.2) is 25.6 Å². The number of aryl methyl sites for hydroxylation is 1. The SMILES string of the molecule is CO/N=C(\CC/C(C)=N/OC)CCc1ccccc1. The lowest BCUT2D eigenvalue weighted by Gasteiger charge is -2.06. The Morgan fingerprint density at radius 3 is 2.26 bits per heavy atom. The molecule has 1 rings (SSSR count). The lowest BCUT2D eigenvalue weighted by atomic mass is 10.0. The molecule has 0 atom stereocenters.